The molecular formula is C21H20ClN3OS. The molecule has 0 aliphatic rings. The number of carbonyl (C=O) groups is 1. The van der Waals surface area contributed by atoms with Crippen molar-refractivity contribution in [3.8, 4) is 11.3 Å². The first-order valence-corrected chi connectivity index (χ1v) is 9.85. The zero-order valence-corrected chi connectivity index (χ0v) is 16.6. The Labute approximate surface area is 168 Å². The normalized spacial score (nSPS) is 10.6. The molecule has 1 aromatic heterocycles. The summed E-state index contributed by atoms with van der Waals surface area (Å²) in [4.78, 5) is 16.8. The predicted molar refractivity (Wildman–Crippen MR) is 113 cm³/mol. The number of aryl methyl sites for hydroxylation is 1. The SMILES string of the molecule is C=CCn1c(-c2ccc(C)cc2)cnc1SCC(=O)Nc1cccc(Cl)c1. The predicted octanol–water partition coefficient (Wildman–Crippen LogP) is 5.43. The average molecular weight is 398 g/mol. The molecule has 138 valence electrons. The van der Waals surface area contributed by atoms with Crippen LogP contribution >= 0.6 is 23.4 Å². The molecule has 0 spiro atoms. The van der Waals surface area contributed by atoms with Crippen LogP contribution < -0.4 is 5.32 Å². The molecule has 6 heteroatoms. The van der Waals surface area contributed by atoms with Crippen LogP contribution in [-0.4, -0.2) is 21.2 Å². The number of thioether (sulfide) groups is 1. The number of nitrogens with one attached hydrogen (secondary N) is 1. The standard InChI is InChI=1S/C21H20ClN3OS/c1-3-11-25-19(16-9-7-15(2)8-10-16)13-23-21(25)27-14-20(26)24-18-6-4-5-17(22)12-18/h3-10,12-13H,1,11,14H2,2H3,(H,24,26). The van der Waals surface area contributed by atoms with Crippen molar-refractivity contribution in [2.45, 2.75) is 18.6 Å². The Balaban J connectivity index is 1.72. The number of allylic oxidation sites excluding steroid dienone is 1. The van der Waals surface area contributed by atoms with Gasteiger partial charge in [0.05, 0.1) is 17.6 Å². The van der Waals surface area contributed by atoms with Crippen molar-refractivity contribution in [3.05, 3.63) is 78.0 Å². The minimum atomic E-state index is -0.104. The summed E-state index contributed by atoms with van der Waals surface area (Å²) >= 11 is 7.34. The van der Waals surface area contributed by atoms with E-state index in [9.17, 15) is 4.79 Å². The van der Waals surface area contributed by atoms with E-state index in [2.05, 4.69) is 52.6 Å². The molecule has 0 aliphatic heterocycles. The Morgan fingerprint density at radius 2 is 2.07 bits per heavy atom. The number of imidazole rings is 1. The molecule has 3 rings (SSSR count). The van der Waals surface area contributed by atoms with Crippen LogP contribution in [0.25, 0.3) is 11.3 Å². The van der Waals surface area contributed by atoms with Gasteiger partial charge in [-0.15, -0.1) is 6.58 Å². The summed E-state index contributed by atoms with van der Waals surface area (Å²) in [7, 11) is 0. The van der Waals surface area contributed by atoms with E-state index >= 15 is 0 Å². The lowest BCUT2D eigenvalue weighted by molar-refractivity contribution is -0.113. The molecule has 0 saturated carbocycles. The first-order chi connectivity index (χ1) is 13.1. The average Bonchev–Trinajstić information content (AvgIpc) is 3.04. The molecule has 0 radical (unpaired) electrons. The number of rotatable bonds is 7. The van der Waals surface area contributed by atoms with Gasteiger partial charge >= 0.3 is 0 Å². The number of benzene rings is 2. The molecule has 0 atom stereocenters. The van der Waals surface area contributed by atoms with Crippen LogP contribution in [0.5, 0.6) is 0 Å². The second kappa shape index (κ2) is 8.93. The Hall–Kier alpha value is -2.50. The fourth-order valence-electron chi connectivity index (χ4n) is 2.63. The third kappa shape index (κ3) is 5.02. The summed E-state index contributed by atoms with van der Waals surface area (Å²) < 4.78 is 2.06. The Bertz CT molecular complexity index is 950. The smallest absolute Gasteiger partial charge is 0.234 e. The Morgan fingerprint density at radius 3 is 2.78 bits per heavy atom. The van der Waals surface area contributed by atoms with Gasteiger partial charge in [0.1, 0.15) is 0 Å². The van der Waals surface area contributed by atoms with E-state index in [-0.39, 0.29) is 11.7 Å². The summed E-state index contributed by atoms with van der Waals surface area (Å²) in [6.07, 6.45) is 3.67. The summed E-state index contributed by atoms with van der Waals surface area (Å²) in [6.45, 7) is 6.52. The lowest BCUT2D eigenvalue weighted by atomic mass is 10.1. The van der Waals surface area contributed by atoms with Gasteiger partial charge in [0.25, 0.3) is 0 Å². The largest absolute Gasteiger partial charge is 0.325 e. The van der Waals surface area contributed by atoms with Gasteiger partial charge < -0.3 is 9.88 Å². The van der Waals surface area contributed by atoms with E-state index in [1.165, 1.54) is 17.3 Å². The van der Waals surface area contributed by atoms with E-state index in [1.54, 1.807) is 18.2 Å². The first-order valence-electron chi connectivity index (χ1n) is 8.48. The summed E-state index contributed by atoms with van der Waals surface area (Å²) in [5, 5.41) is 4.22. The number of carbonyl (C=O) groups excluding carboxylic acids is 1. The second-order valence-electron chi connectivity index (χ2n) is 6.04. The van der Waals surface area contributed by atoms with Gasteiger partial charge in [0.2, 0.25) is 5.91 Å². The maximum atomic E-state index is 12.2. The van der Waals surface area contributed by atoms with E-state index in [0.29, 0.717) is 17.3 Å². The lowest BCUT2D eigenvalue weighted by Crippen LogP contribution is -2.14. The van der Waals surface area contributed by atoms with Crippen molar-refractivity contribution in [3.63, 3.8) is 0 Å². The maximum absolute atomic E-state index is 12.2. The molecule has 1 amide bonds. The molecule has 0 unspecified atom stereocenters. The maximum Gasteiger partial charge on any atom is 0.234 e. The highest BCUT2D eigenvalue weighted by Crippen LogP contribution is 2.27. The van der Waals surface area contributed by atoms with Crippen LogP contribution in [0, 0.1) is 6.92 Å². The van der Waals surface area contributed by atoms with Crippen LogP contribution in [0.1, 0.15) is 5.56 Å². The molecule has 4 nitrogen and oxygen atoms in total. The van der Waals surface area contributed by atoms with Gasteiger partial charge in [0, 0.05) is 17.3 Å². The zero-order valence-electron chi connectivity index (χ0n) is 15.0. The van der Waals surface area contributed by atoms with Gasteiger partial charge in [-0.1, -0.05) is 65.3 Å². The Kier molecular flexibility index (Phi) is 6.37. The van der Waals surface area contributed by atoms with Crippen LogP contribution in [0.3, 0.4) is 0 Å². The molecule has 1 heterocycles. The number of nitrogens with zero attached hydrogens (tertiary/aromatic N) is 2. The van der Waals surface area contributed by atoms with Crippen LogP contribution in [0.4, 0.5) is 5.69 Å². The minimum absolute atomic E-state index is 0.104. The topological polar surface area (TPSA) is 46.9 Å². The van der Waals surface area contributed by atoms with E-state index < -0.39 is 0 Å². The highest BCUT2D eigenvalue weighted by Gasteiger charge is 2.13. The highest BCUT2D eigenvalue weighted by molar-refractivity contribution is 7.99. The molecule has 0 aliphatic carbocycles. The minimum Gasteiger partial charge on any atom is -0.325 e. The molecule has 0 fully saturated rings. The van der Waals surface area contributed by atoms with Crippen LogP contribution in [0.2, 0.25) is 5.02 Å². The quantitative estimate of drug-likeness (QED) is 0.427. The number of hydrogen-bond donors (Lipinski definition) is 1. The van der Waals surface area contributed by atoms with E-state index in [1.807, 2.05) is 18.3 Å². The molecule has 0 bridgehead atoms. The fraction of sp³-hybridized carbons (Fsp3) is 0.143. The summed E-state index contributed by atoms with van der Waals surface area (Å²) in [6, 6.07) is 15.4. The van der Waals surface area contributed by atoms with Crippen molar-refractivity contribution in [2.75, 3.05) is 11.1 Å². The highest BCUT2D eigenvalue weighted by atomic mass is 35.5. The lowest BCUT2D eigenvalue weighted by Gasteiger charge is -2.10. The van der Waals surface area contributed by atoms with Gasteiger partial charge in [-0.25, -0.2) is 4.98 Å². The number of amides is 1. The van der Waals surface area contributed by atoms with Crippen molar-refractivity contribution < 1.29 is 4.79 Å². The first kappa shape index (κ1) is 19.3. The van der Waals surface area contributed by atoms with Crippen LogP contribution in [0.15, 0.2) is 72.5 Å². The van der Waals surface area contributed by atoms with E-state index in [0.717, 1.165) is 16.4 Å². The van der Waals surface area contributed by atoms with Gasteiger partial charge in [-0.05, 0) is 30.7 Å². The van der Waals surface area contributed by atoms with Gasteiger partial charge in [-0.3, -0.25) is 4.79 Å². The summed E-state index contributed by atoms with van der Waals surface area (Å²) in [5.74, 6) is 0.154. The van der Waals surface area contributed by atoms with Crippen molar-refractivity contribution in [2.24, 2.45) is 0 Å². The molecular weight excluding hydrogens is 378 g/mol. The Morgan fingerprint density at radius 1 is 1.30 bits per heavy atom. The molecule has 3 aromatic rings. The molecule has 27 heavy (non-hydrogen) atoms. The number of anilines is 1. The van der Waals surface area contributed by atoms with Crippen molar-refractivity contribution in [1.82, 2.24) is 9.55 Å². The third-order valence-corrected chi connectivity index (χ3v) is 5.14. The van der Waals surface area contributed by atoms with Crippen molar-refractivity contribution >= 4 is 35.0 Å². The molecule has 2 aromatic carbocycles. The molecule has 0 saturated heterocycles. The molecule has 1 N–H and O–H groups in total. The fourth-order valence-corrected chi connectivity index (χ4v) is 3.61. The zero-order chi connectivity index (χ0) is 19.2. The van der Waals surface area contributed by atoms with Gasteiger partial charge in [-0.2, -0.15) is 0 Å². The number of hydrogen-bond acceptors (Lipinski definition) is 3. The monoisotopic (exact) mass is 397 g/mol. The van der Waals surface area contributed by atoms with Crippen LogP contribution in [-0.2, 0) is 11.3 Å². The van der Waals surface area contributed by atoms with E-state index in [4.69, 9.17) is 11.6 Å². The third-order valence-electron chi connectivity index (χ3n) is 3.92. The van der Waals surface area contributed by atoms with Crippen molar-refractivity contribution in [1.29, 1.82) is 0 Å². The second-order valence-corrected chi connectivity index (χ2v) is 7.42. The summed E-state index contributed by atoms with van der Waals surface area (Å²) in [5.41, 5.74) is 3.99. The number of halogens is 1. The van der Waals surface area contributed by atoms with Gasteiger partial charge in [0.15, 0.2) is 5.16 Å². The number of aromatic nitrogens is 2.